The number of hydrogen-bond acceptors (Lipinski definition) is 4. The lowest BCUT2D eigenvalue weighted by Crippen LogP contribution is -2.52. The van der Waals surface area contributed by atoms with Gasteiger partial charge >= 0.3 is 0 Å². The van der Waals surface area contributed by atoms with Gasteiger partial charge in [0.2, 0.25) is 5.91 Å². The van der Waals surface area contributed by atoms with Gasteiger partial charge in [-0.1, -0.05) is 18.2 Å². The van der Waals surface area contributed by atoms with Crippen LogP contribution in [-0.4, -0.2) is 61.5 Å². The molecule has 1 aromatic carbocycles. The van der Waals surface area contributed by atoms with Gasteiger partial charge in [-0.2, -0.15) is 5.26 Å². The molecule has 0 radical (unpaired) electrons. The number of rotatable bonds is 6. The number of benzene rings is 1. The van der Waals surface area contributed by atoms with Crippen molar-refractivity contribution in [1.29, 1.82) is 5.26 Å². The van der Waals surface area contributed by atoms with Crippen LogP contribution in [0.15, 0.2) is 30.3 Å². The van der Waals surface area contributed by atoms with Gasteiger partial charge in [0.1, 0.15) is 0 Å². The number of anilines is 1. The molecule has 0 aliphatic carbocycles. The van der Waals surface area contributed by atoms with Crippen molar-refractivity contribution in [1.82, 2.24) is 9.80 Å². The summed E-state index contributed by atoms with van der Waals surface area (Å²) in [4.78, 5) is 19.3. The van der Waals surface area contributed by atoms with Crippen molar-refractivity contribution in [3.8, 4) is 6.07 Å². The summed E-state index contributed by atoms with van der Waals surface area (Å²) in [6.07, 6.45) is 2.53. The molecule has 0 aromatic heterocycles. The van der Waals surface area contributed by atoms with Crippen molar-refractivity contribution in [2.75, 3.05) is 38.6 Å². The maximum absolute atomic E-state index is 13.0. The van der Waals surface area contributed by atoms with E-state index in [2.05, 4.69) is 30.0 Å². The molecule has 1 fully saturated rings. The quantitative estimate of drug-likeness (QED) is 0.804. The third-order valence-corrected chi connectivity index (χ3v) is 4.92. The first kappa shape index (κ1) is 18.4. The van der Waals surface area contributed by atoms with Crippen LogP contribution in [0.5, 0.6) is 0 Å². The maximum atomic E-state index is 13.0. The summed E-state index contributed by atoms with van der Waals surface area (Å²) in [5.74, 6) is 0.0831. The summed E-state index contributed by atoms with van der Waals surface area (Å²) in [5, 5.41) is 8.91. The molecule has 1 aromatic rings. The van der Waals surface area contributed by atoms with Crippen molar-refractivity contribution < 1.29 is 4.79 Å². The van der Waals surface area contributed by atoms with E-state index in [0.717, 1.165) is 31.6 Å². The zero-order valence-corrected chi connectivity index (χ0v) is 15.0. The molecule has 1 atom stereocenters. The standard InChI is InChI=1S/C19H28N4O/c1-16(22-14-10-17(11-15-22)21(2)3)19(24)23(13-7-12-20)18-8-5-4-6-9-18/h4-6,8-9,16-17H,7,10-11,13-15H2,1-3H3/t16-/m0/s1. The van der Waals surface area contributed by atoms with E-state index in [9.17, 15) is 4.79 Å². The monoisotopic (exact) mass is 328 g/mol. The molecule has 24 heavy (non-hydrogen) atoms. The average molecular weight is 328 g/mol. The highest BCUT2D eigenvalue weighted by Gasteiger charge is 2.30. The van der Waals surface area contributed by atoms with Crippen molar-refractivity contribution in [3.05, 3.63) is 30.3 Å². The molecule has 0 unspecified atom stereocenters. The van der Waals surface area contributed by atoms with E-state index in [4.69, 9.17) is 5.26 Å². The predicted molar refractivity (Wildman–Crippen MR) is 96.8 cm³/mol. The van der Waals surface area contributed by atoms with Crippen molar-refractivity contribution in [2.24, 2.45) is 0 Å². The highest BCUT2D eigenvalue weighted by molar-refractivity contribution is 5.96. The number of amides is 1. The van der Waals surface area contributed by atoms with Gasteiger partial charge in [-0.25, -0.2) is 0 Å². The number of piperidine rings is 1. The second-order valence-electron chi connectivity index (χ2n) is 6.64. The molecule has 2 rings (SSSR count). The Balaban J connectivity index is 2.05. The summed E-state index contributed by atoms with van der Waals surface area (Å²) in [6, 6.07) is 12.2. The van der Waals surface area contributed by atoms with Crippen molar-refractivity contribution in [3.63, 3.8) is 0 Å². The molecule has 0 saturated carbocycles. The van der Waals surface area contributed by atoms with E-state index in [1.54, 1.807) is 4.90 Å². The summed E-state index contributed by atoms with van der Waals surface area (Å²) < 4.78 is 0. The van der Waals surface area contributed by atoms with E-state index < -0.39 is 0 Å². The molecule has 5 heteroatoms. The molecule has 0 N–H and O–H groups in total. The highest BCUT2D eigenvalue weighted by Crippen LogP contribution is 2.20. The van der Waals surface area contributed by atoms with Crippen LogP contribution in [0.25, 0.3) is 0 Å². The first-order valence-electron chi connectivity index (χ1n) is 8.68. The van der Waals surface area contributed by atoms with Gasteiger partial charge in [0, 0.05) is 31.4 Å². The van der Waals surface area contributed by atoms with Gasteiger partial charge in [-0.05, 0) is 46.0 Å². The minimum Gasteiger partial charge on any atom is -0.310 e. The van der Waals surface area contributed by atoms with E-state index in [-0.39, 0.29) is 11.9 Å². The lowest BCUT2D eigenvalue weighted by atomic mass is 10.0. The van der Waals surface area contributed by atoms with Crippen LogP contribution in [0.1, 0.15) is 26.2 Å². The molecule has 5 nitrogen and oxygen atoms in total. The second-order valence-corrected chi connectivity index (χ2v) is 6.64. The zero-order chi connectivity index (χ0) is 17.5. The minimum atomic E-state index is -0.160. The normalized spacial score (nSPS) is 17.5. The third-order valence-electron chi connectivity index (χ3n) is 4.92. The lowest BCUT2D eigenvalue weighted by molar-refractivity contribution is -0.123. The highest BCUT2D eigenvalue weighted by atomic mass is 16.2. The molecule has 1 amide bonds. The summed E-state index contributed by atoms with van der Waals surface area (Å²) in [6.45, 7) is 4.31. The SMILES string of the molecule is C[C@@H](C(=O)N(CCC#N)c1ccccc1)N1CCC(N(C)C)CC1. The van der Waals surface area contributed by atoms with Gasteiger partial charge in [0.25, 0.3) is 0 Å². The van der Waals surface area contributed by atoms with Crippen LogP contribution in [0, 0.1) is 11.3 Å². The maximum Gasteiger partial charge on any atom is 0.244 e. The molecule has 1 aliphatic heterocycles. The Bertz CT molecular complexity index is 558. The van der Waals surface area contributed by atoms with Crippen LogP contribution in [0.4, 0.5) is 5.69 Å². The summed E-state index contributed by atoms with van der Waals surface area (Å²) in [7, 11) is 4.24. The Morgan fingerprint density at radius 1 is 1.29 bits per heavy atom. The van der Waals surface area contributed by atoms with E-state index in [1.807, 2.05) is 37.3 Å². The van der Waals surface area contributed by atoms with Crippen LogP contribution in [0.2, 0.25) is 0 Å². The second kappa shape index (κ2) is 8.81. The number of para-hydroxylation sites is 1. The van der Waals surface area contributed by atoms with Crippen LogP contribution >= 0.6 is 0 Å². The average Bonchev–Trinajstić information content (AvgIpc) is 2.62. The van der Waals surface area contributed by atoms with Gasteiger partial charge in [-0.3, -0.25) is 9.69 Å². The summed E-state index contributed by atoms with van der Waals surface area (Å²) >= 11 is 0. The van der Waals surface area contributed by atoms with E-state index in [0.29, 0.717) is 19.0 Å². The van der Waals surface area contributed by atoms with E-state index in [1.165, 1.54) is 0 Å². The molecule has 1 heterocycles. The number of carbonyl (C=O) groups is 1. The Hall–Kier alpha value is -1.90. The molecule has 1 aliphatic rings. The first-order valence-corrected chi connectivity index (χ1v) is 8.68. The molecule has 0 spiro atoms. The molecular weight excluding hydrogens is 300 g/mol. The Kier molecular flexibility index (Phi) is 6.77. The summed E-state index contributed by atoms with van der Waals surface area (Å²) in [5.41, 5.74) is 0.868. The lowest BCUT2D eigenvalue weighted by Gasteiger charge is -2.39. The van der Waals surface area contributed by atoms with E-state index >= 15 is 0 Å². The Labute approximate surface area is 145 Å². The number of nitrogens with zero attached hydrogens (tertiary/aromatic N) is 4. The van der Waals surface area contributed by atoms with Crippen LogP contribution in [0.3, 0.4) is 0 Å². The number of likely N-dealkylation sites (tertiary alicyclic amines) is 1. The number of carbonyl (C=O) groups excluding carboxylic acids is 1. The van der Waals surface area contributed by atoms with Crippen LogP contribution < -0.4 is 4.90 Å². The Morgan fingerprint density at radius 2 is 1.92 bits per heavy atom. The topological polar surface area (TPSA) is 50.6 Å². The minimum absolute atomic E-state index is 0.0831. The fraction of sp³-hybridized carbons (Fsp3) is 0.579. The largest absolute Gasteiger partial charge is 0.310 e. The molecule has 1 saturated heterocycles. The van der Waals surface area contributed by atoms with Crippen molar-refractivity contribution in [2.45, 2.75) is 38.3 Å². The predicted octanol–water partition coefficient (Wildman–Crippen LogP) is 2.35. The Morgan fingerprint density at radius 3 is 2.46 bits per heavy atom. The van der Waals surface area contributed by atoms with Gasteiger partial charge in [-0.15, -0.1) is 0 Å². The van der Waals surface area contributed by atoms with Gasteiger partial charge in [0.15, 0.2) is 0 Å². The van der Waals surface area contributed by atoms with Gasteiger partial charge in [0.05, 0.1) is 18.5 Å². The first-order chi connectivity index (χ1) is 11.5. The molecule has 0 bridgehead atoms. The molecular formula is C19H28N4O. The smallest absolute Gasteiger partial charge is 0.244 e. The van der Waals surface area contributed by atoms with Gasteiger partial charge < -0.3 is 9.80 Å². The third kappa shape index (κ3) is 4.56. The molecule has 130 valence electrons. The van der Waals surface area contributed by atoms with Crippen molar-refractivity contribution >= 4 is 11.6 Å². The number of hydrogen-bond donors (Lipinski definition) is 0. The van der Waals surface area contributed by atoms with Crippen LogP contribution in [-0.2, 0) is 4.79 Å². The zero-order valence-electron chi connectivity index (χ0n) is 15.0. The fourth-order valence-electron chi connectivity index (χ4n) is 3.31. The number of nitriles is 1. The fourth-order valence-corrected chi connectivity index (χ4v) is 3.31.